The highest BCUT2D eigenvalue weighted by atomic mass is 16.2. The number of nitrogens with zero attached hydrogens (tertiary/aromatic N) is 4. The van der Waals surface area contributed by atoms with E-state index in [1.54, 1.807) is 6.20 Å². The van der Waals surface area contributed by atoms with Gasteiger partial charge in [0.05, 0.1) is 17.4 Å². The molecule has 136 valence electrons. The van der Waals surface area contributed by atoms with E-state index in [4.69, 9.17) is 0 Å². The normalized spacial score (nSPS) is 20.3. The first-order chi connectivity index (χ1) is 12.7. The summed E-state index contributed by atoms with van der Waals surface area (Å²) in [6.07, 6.45) is 4.48. The Labute approximate surface area is 155 Å². The zero-order valence-corrected chi connectivity index (χ0v) is 15.6. The van der Waals surface area contributed by atoms with E-state index in [-0.39, 0.29) is 11.9 Å². The van der Waals surface area contributed by atoms with Gasteiger partial charge in [0.1, 0.15) is 0 Å². The number of fused-ring (bicyclic) bond motifs is 1. The minimum atomic E-state index is 0.0454. The van der Waals surface area contributed by atoms with Crippen molar-refractivity contribution < 1.29 is 4.79 Å². The molecular weight excluding hydrogens is 324 g/mol. The number of hydrogen-bond acceptors (Lipinski definition) is 4. The number of piperazine rings is 1. The SMILES string of the molecule is CCN1CCN(c2cncc(C(=O)N3c4ccccc4CC3C)c2)CC1. The Hall–Kier alpha value is -2.40. The summed E-state index contributed by atoms with van der Waals surface area (Å²) in [4.78, 5) is 24.3. The highest BCUT2D eigenvalue weighted by Crippen LogP contribution is 2.33. The molecule has 0 saturated carbocycles. The largest absolute Gasteiger partial charge is 0.368 e. The van der Waals surface area contributed by atoms with Crippen molar-refractivity contribution in [2.45, 2.75) is 26.3 Å². The summed E-state index contributed by atoms with van der Waals surface area (Å²) in [6, 6.07) is 10.4. The van der Waals surface area contributed by atoms with Gasteiger partial charge >= 0.3 is 0 Å². The molecule has 1 aromatic carbocycles. The monoisotopic (exact) mass is 350 g/mol. The molecule has 0 bridgehead atoms. The quantitative estimate of drug-likeness (QED) is 0.853. The van der Waals surface area contributed by atoms with Crippen LogP contribution in [0.25, 0.3) is 0 Å². The maximum Gasteiger partial charge on any atom is 0.260 e. The lowest BCUT2D eigenvalue weighted by Crippen LogP contribution is -2.46. The lowest BCUT2D eigenvalue weighted by Gasteiger charge is -2.35. The summed E-state index contributed by atoms with van der Waals surface area (Å²) in [5, 5.41) is 0. The number of anilines is 2. The lowest BCUT2D eigenvalue weighted by atomic mass is 10.1. The van der Waals surface area contributed by atoms with Crippen molar-refractivity contribution in [1.82, 2.24) is 9.88 Å². The van der Waals surface area contributed by atoms with E-state index >= 15 is 0 Å². The minimum absolute atomic E-state index is 0.0454. The predicted octanol–water partition coefficient (Wildman–Crippen LogP) is 2.81. The molecule has 3 heterocycles. The molecule has 26 heavy (non-hydrogen) atoms. The molecule has 4 rings (SSSR count). The molecule has 5 heteroatoms. The summed E-state index contributed by atoms with van der Waals surface area (Å²) in [5.74, 6) is 0.0454. The number of likely N-dealkylation sites (N-methyl/N-ethyl adjacent to an activating group) is 1. The third kappa shape index (κ3) is 3.07. The molecule has 1 atom stereocenters. The molecular formula is C21H26N4O. The lowest BCUT2D eigenvalue weighted by molar-refractivity contribution is 0.0981. The average Bonchev–Trinajstić information content (AvgIpc) is 3.03. The number of rotatable bonds is 3. The Morgan fingerprint density at radius 3 is 2.69 bits per heavy atom. The van der Waals surface area contributed by atoms with Crippen molar-refractivity contribution in [3.05, 3.63) is 53.9 Å². The van der Waals surface area contributed by atoms with Gasteiger partial charge in [-0.25, -0.2) is 0 Å². The smallest absolute Gasteiger partial charge is 0.260 e. The maximum atomic E-state index is 13.2. The van der Waals surface area contributed by atoms with E-state index in [1.807, 2.05) is 35.4 Å². The Morgan fingerprint density at radius 2 is 1.92 bits per heavy atom. The molecule has 1 fully saturated rings. The van der Waals surface area contributed by atoms with Gasteiger partial charge in [0.2, 0.25) is 0 Å². The third-order valence-corrected chi connectivity index (χ3v) is 5.58. The molecule has 1 aromatic heterocycles. The number of aromatic nitrogens is 1. The molecule has 5 nitrogen and oxygen atoms in total. The Balaban J connectivity index is 1.56. The zero-order chi connectivity index (χ0) is 18.1. The topological polar surface area (TPSA) is 39.7 Å². The standard InChI is InChI=1S/C21H26N4O/c1-3-23-8-10-24(11-9-23)19-13-18(14-22-15-19)21(26)25-16(2)12-17-6-4-5-7-20(17)25/h4-7,13-16H,3,8-12H2,1-2H3. The first-order valence-electron chi connectivity index (χ1n) is 9.51. The van der Waals surface area contributed by atoms with Crippen molar-refractivity contribution in [3.63, 3.8) is 0 Å². The fraction of sp³-hybridized carbons (Fsp3) is 0.429. The van der Waals surface area contributed by atoms with Gasteiger partial charge in [-0.3, -0.25) is 9.78 Å². The van der Waals surface area contributed by atoms with Crippen molar-refractivity contribution in [2.24, 2.45) is 0 Å². The second-order valence-electron chi connectivity index (χ2n) is 7.21. The van der Waals surface area contributed by atoms with E-state index in [0.717, 1.165) is 50.5 Å². The van der Waals surface area contributed by atoms with Crippen LogP contribution < -0.4 is 9.80 Å². The number of hydrogen-bond donors (Lipinski definition) is 0. The van der Waals surface area contributed by atoms with Gasteiger partial charge in [-0.1, -0.05) is 25.1 Å². The molecule has 0 N–H and O–H groups in total. The molecule has 0 aliphatic carbocycles. The van der Waals surface area contributed by atoms with Crippen LogP contribution in [0.4, 0.5) is 11.4 Å². The van der Waals surface area contributed by atoms with Gasteiger partial charge in [-0.15, -0.1) is 0 Å². The summed E-state index contributed by atoms with van der Waals surface area (Å²) >= 11 is 0. The number of carbonyl (C=O) groups is 1. The molecule has 1 saturated heterocycles. The van der Waals surface area contributed by atoms with Gasteiger partial charge in [-0.05, 0) is 37.6 Å². The van der Waals surface area contributed by atoms with Gasteiger partial charge in [0.25, 0.3) is 5.91 Å². The average molecular weight is 350 g/mol. The summed E-state index contributed by atoms with van der Waals surface area (Å²) in [7, 11) is 0. The summed E-state index contributed by atoms with van der Waals surface area (Å²) in [6.45, 7) is 9.49. The highest BCUT2D eigenvalue weighted by Gasteiger charge is 2.31. The molecule has 1 unspecified atom stereocenters. The van der Waals surface area contributed by atoms with Gasteiger partial charge in [0, 0.05) is 44.1 Å². The number of para-hydroxylation sites is 1. The zero-order valence-electron chi connectivity index (χ0n) is 15.6. The van der Waals surface area contributed by atoms with Crippen LogP contribution >= 0.6 is 0 Å². The van der Waals surface area contributed by atoms with Gasteiger partial charge in [-0.2, -0.15) is 0 Å². The summed E-state index contributed by atoms with van der Waals surface area (Å²) < 4.78 is 0. The van der Waals surface area contributed by atoms with E-state index in [9.17, 15) is 4.79 Å². The van der Waals surface area contributed by atoms with Crippen LogP contribution in [0.15, 0.2) is 42.7 Å². The number of benzene rings is 1. The van der Waals surface area contributed by atoms with Crippen LogP contribution in [0.1, 0.15) is 29.8 Å². The minimum Gasteiger partial charge on any atom is -0.368 e. The molecule has 0 spiro atoms. The number of pyridine rings is 1. The second-order valence-corrected chi connectivity index (χ2v) is 7.21. The Morgan fingerprint density at radius 1 is 1.15 bits per heavy atom. The molecule has 2 aliphatic heterocycles. The van der Waals surface area contributed by atoms with E-state index < -0.39 is 0 Å². The molecule has 2 aromatic rings. The van der Waals surface area contributed by atoms with Crippen LogP contribution in [0, 0.1) is 0 Å². The van der Waals surface area contributed by atoms with Gasteiger partial charge < -0.3 is 14.7 Å². The number of amides is 1. The van der Waals surface area contributed by atoms with Gasteiger partial charge in [0.15, 0.2) is 0 Å². The van der Waals surface area contributed by atoms with E-state index in [0.29, 0.717) is 5.56 Å². The fourth-order valence-electron chi connectivity index (χ4n) is 4.05. The van der Waals surface area contributed by atoms with Crippen molar-refractivity contribution >= 4 is 17.3 Å². The van der Waals surface area contributed by atoms with Crippen molar-refractivity contribution in [1.29, 1.82) is 0 Å². The Bertz CT molecular complexity index is 798. The molecule has 0 radical (unpaired) electrons. The van der Waals surface area contributed by atoms with Crippen molar-refractivity contribution in [3.8, 4) is 0 Å². The van der Waals surface area contributed by atoms with Crippen LogP contribution in [-0.4, -0.2) is 54.6 Å². The third-order valence-electron chi connectivity index (χ3n) is 5.58. The van der Waals surface area contributed by atoms with Crippen molar-refractivity contribution in [2.75, 3.05) is 42.5 Å². The predicted molar refractivity (Wildman–Crippen MR) is 105 cm³/mol. The highest BCUT2D eigenvalue weighted by molar-refractivity contribution is 6.08. The van der Waals surface area contributed by atoms with E-state index in [2.05, 4.69) is 34.7 Å². The first-order valence-corrected chi connectivity index (χ1v) is 9.51. The maximum absolute atomic E-state index is 13.2. The van der Waals surface area contributed by atoms with Crippen LogP contribution in [0.3, 0.4) is 0 Å². The van der Waals surface area contributed by atoms with Crippen LogP contribution in [0.2, 0.25) is 0 Å². The molecule has 2 aliphatic rings. The Kier molecular flexibility index (Phi) is 4.64. The summed E-state index contributed by atoms with van der Waals surface area (Å²) in [5.41, 5.74) is 4.00. The first kappa shape index (κ1) is 17.0. The number of carbonyl (C=O) groups excluding carboxylic acids is 1. The fourth-order valence-corrected chi connectivity index (χ4v) is 4.05. The van der Waals surface area contributed by atoms with E-state index in [1.165, 1.54) is 5.56 Å². The van der Waals surface area contributed by atoms with Crippen LogP contribution in [-0.2, 0) is 6.42 Å². The second kappa shape index (κ2) is 7.08. The van der Waals surface area contributed by atoms with Crippen LogP contribution in [0.5, 0.6) is 0 Å². The molecule has 1 amide bonds.